The van der Waals surface area contributed by atoms with Gasteiger partial charge in [-0.2, -0.15) is 0 Å². The molecule has 0 spiro atoms. The second-order valence-electron chi connectivity index (χ2n) is 4.16. The Bertz CT molecular complexity index is 577. The lowest BCUT2D eigenvalue weighted by molar-refractivity contribution is 0.403. The zero-order valence-electron chi connectivity index (χ0n) is 10.4. The normalized spacial score (nSPS) is 12.2. The highest BCUT2D eigenvalue weighted by atomic mass is 35.5. The van der Waals surface area contributed by atoms with Crippen molar-refractivity contribution in [3.05, 3.63) is 58.6 Å². The Labute approximate surface area is 116 Å². The lowest BCUT2D eigenvalue weighted by atomic mass is 9.99. The van der Waals surface area contributed by atoms with Gasteiger partial charge in [-0.1, -0.05) is 17.7 Å². The summed E-state index contributed by atoms with van der Waals surface area (Å²) in [6.45, 7) is 0. The van der Waals surface area contributed by atoms with Gasteiger partial charge in [0.15, 0.2) is 0 Å². The van der Waals surface area contributed by atoms with Gasteiger partial charge in [0.05, 0.1) is 13.3 Å². The summed E-state index contributed by atoms with van der Waals surface area (Å²) in [5.41, 5.74) is 7.42. The van der Waals surface area contributed by atoms with Crippen molar-refractivity contribution >= 4 is 11.6 Å². The topological polar surface area (TPSA) is 48.1 Å². The van der Waals surface area contributed by atoms with E-state index in [4.69, 9.17) is 22.1 Å². The molecule has 2 aromatic rings. The molecule has 19 heavy (non-hydrogen) atoms. The van der Waals surface area contributed by atoms with E-state index in [9.17, 15) is 4.39 Å². The third kappa shape index (κ3) is 3.22. The van der Waals surface area contributed by atoms with Crippen LogP contribution in [0.3, 0.4) is 0 Å². The first-order chi connectivity index (χ1) is 9.11. The molecule has 5 heteroatoms. The molecule has 2 rings (SSSR count). The quantitative estimate of drug-likeness (QED) is 0.936. The number of benzene rings is 1. The smallest absolute Gasteiger partial charge is 0.141 e. The van der Waals surface area contributed by atoms with Crippen molar-refractivity contribution < 1.29 is 9.13 Å². The Morgan fingerprint density at radius 2 is 2.21 bits per heavy atom. The predicted molar refractivity (Wildman–Crippen MR) is 72.8 cm³/mol. The second-order valence-corrected chi connectivity index (χ2v) is 4.60. The monoisotopic (exact) mass is 280 g/mol. The van der Waals surface area contributed by atoms with Crippen LogP contribution in [0.1, 0.15) is 17.2 Å². The molecule has 1 aromatic carbocycles. The number of rotatable bonds is 4. The maximum atomic E-state index is 13.7. The maximum Gasteiger partial charge on any atom is 0.141 e. The number of halogens is 2. The van der Waals surface area contributed by atoms with E-state index in [0.29, 0.717) is 22.8 Å². The maximum absolute atomic E-state index is 13.7. The van der Waals surface area contributed by atoms with E-state index < -0.39 is 0 Å². The fourth-order valence-corrected chi connectivity index (χ4v) is 2.06. The highest BCUT2D eigenvalue weighted by molar-refractivity contribution is 6.30. The first kappa shape index (κ1) is 13.8. The number of pyridine rings is 1. The number of nitrogens with zero attached hydrogens (tertiary/aromatic N) is 1. The Balaban J connectivity index is 2.23. The van der Waals surface area contributed by atoms with Gasteiger partial charge >= 0.3 is 0 Å². The molecule has 0 fully saturated rings. The van der Waals surface area contributed by atoms with Crippen LogP contribution in [0.15, 0.2) is 36.7 Å². The molecule has 1 heterocycles. The van der Waals surface area contributed by atoms with Gasteiger partial charge in [0.1, 0.15) is 11.6 Å². The summed E-state index contributed by atoms with van der Waals surface area (Å²) in [6.07, 6.45) is 3.59. The molecule has 0 amide bonds. The zero-order valence-corrected chi connectivity index (χ0v) is 11.2. The Morgan fingerprint density at radius 3 is 2.89 bits per heavy atom. The van der Waals surface area contributed by atoms with E-state index in [1.807, 2.05) is 0 Å². The van der Waals surface area contributed by atoms with Crippen molar-refractivity contribution in [2.45, 2.75) is 12.5 Å². The first-order valence-electron chi connectivity index (χ1n) is 5.79. The Kier molecular flexibility index (Phi) is 4.35. The molecule has 1 atom stereocenters. The summed E-state index contributed by atoms with van der Waals surface area (Å²) in [5.74, 6) is 0.250. The molecule has 0 bridgehead atoms. The second kappa shape index (κ2) is 5.99. The molecule has 0 aliphatic carbocycles. The van der Waals surface area contributed by atoms with Crippen LogP contribution in [0.4, 0.5) is 4.39 Å². The molecule has 1 aromatic heterocycles. The number of hydrogen-bond donors (Lipinski definition) is 1. The van der Waals surface area contributed by atoms with Gasteiger partial charge in [-0.3, -0.25) is 4.98 Å². The summed E-state index contributed by atoms with van der Waals surface area (Å²) in [6, 6.07) is 5.99. The summed E-state index contributed by atoms with van der Waals surface area (Å²) in [4.78, 5) is 3.96. The molecular weight excluding hydrogens is 267 g/mol. The minimum Gasteiger partial charge on any atom is -0.495 e. The number of methoxy groups -OCH3 is 1. The lowest BCUT2D eigenvalue weighted by Gasteiger charge is -2.15. The van der Waals surface area contributed by atoms with Gasteiger partial charge in [-0.25, -0.2) is 4.39 Å². The minimum atomic E-state index is -0.367. The molecular formula is C14H14ClFN2O. The first-order valence-corrected chi connectivity index (χ1v) is 6.17. The van der Waals surface area contributed by atoms with Gasteiger partial charge < -0.3 is 10.5 Å². The van der Waals surface area contributed by atoms with Crippen LogP contribution in [-0.2, 0) is 6.42 Å². The average molecular weight is 281 g/mol. The van der Waals surface area contributed by atoms with Crippen LogP contribution in [0, 0.1) is 5.82 Å². The van der Waals surface area contributed by atoms with E-state index in [1.54, 1.807) is 37.7 Å². The highest BCUT2D eigenvalue weighted by Crippen LogP contribution is 2.26. The SMILES string of the molecule is COc1cnccc1C(N)Cc1ccc(Cl)cc1F. The van der Waals surface area contributed by atoms with Crippen molar-refractivity contribution in [3.8, 4) is 5.75 Å². The van der Waals surface area contributed by atoms with Crippen LogP contribution in [0.25, 0.3) is 0 Å². The molecule has 2 N–H and O–H groups in total. The van der Waals surface area contributed by atoms with Crippen molar-refractivity contribution in [1.82, 2.24) is 4.98 Å². The zero-order chi connectivity index (χ0) is 13.8. The standard InChI is InChI=1S/C14H14ClFN2O/c1-19-14-8-18-5-4-11(14)13(17)6-9-2-3-10(15)7-12(9)16/h2-5,7-8,13H,6,17H2,1H3. The summed E-state index contributed by atoms with van der Waals surface area (Å²) in [5, 5.41) is 0.372. The summed E-state index contributed by atoms with van der Waals surface area (Å²) < 4.78 is 18.9. The van der Waals surface area contributed by atoms with Crippen LogP contribution >= 0.6 is 11.6 Å². The Hall–Kier alpha value is -1.65. The fraction of sp³-hybridized carbons (Fsp3) is 0.214. The molecule has 3 nitrogen and oxygen atoms in total. The van der Waals surface area contributed by atoms with E-state index in [2.05, 4.69) is 4.98 Å². The predicted octanol–water partition coefficient (Wildman–Crippen LogP) is 3.13. The average Bonchev–Trinajstić information content (AvgIpc) is 2.41. The molecule has 0 saturated carbocycles. The van der Waals surface area contributed by atoms with E-state index in [-0.39, 0.29) is 11.9 Å². The fourth-order valence-electron chi connectivity index (χ4n) is 1.90. The Morgan fingerprint density at radius 1 is 1.42 bits per heavy atom. The van der Waals surface area contributed by atoms with Gasteiger partial charge in [0, 0.05) is 22.8 Å². The molecule has 0 radical (unpaired) electrons. The molecule has 0 aliphatic rings. The molecule has 100 valence electrons. The number of ether oxygens (including phenoxy) is 1. The van der Waals surface area contributed by atoms with Gasteiger partial charge in [-0.15, -0.1) is 0 Å². The van der Waals surface area contributed by atoms with Crippen molar-refractivity contribution in [2.75, 3.05) is 7.11 Å². The summed E-state index contributed by atoms with van der Waals surface area (Å²) >= 11 is 5.72. The summed E-state index contributed by atoms with van der Waals surface area (Å²) in [7, 11) is 1.55. The van der Waals surface area contributed by atoms with Gasteiger partial charge in [0.25, 0.3) is 0 Å². The highest BCUT2D eigenvalue weighted by Gasteiger charge is 2.14. The molecule has 0 saturated heterocycles. The number of hydrogen-bond acceptors (Lipinski definition) is 3. The van der Waals surface area contributed by atoms with Gasteiger partial charge in [0.2, 0.25) is 0 Å². The van der Waals surface area contributed by atoms with E-state index >= 15 is 0 Å². The van der Waals surface area contributed by atoms with Crippen LogP contribution in [-0.4, -0.2) is 12.1 Å². The van der Waals surface area contributed by atoms with E-state index in [1.165, 1.54) is 6.07 Å². The molecule has 1 unspecified atom stereocenters. The van der Waals surface area contributed by atoms with Crippen molar-refractivity contribution in [2.24, 2.45) is 5.73 Å². The third-order valence-corrected chi connectivity index (χ3v) is 3.13. The van der Waals surface area contributed by atoms with Crippen LogP contribution in [0.5, 0.6) is 5.75 Å². The number of aromatic nitrogens is 1. The number of nitrogens with two attached hydrogens (primary N) is 1. The lowest BCUT2D eigenvalue weighted by Crippen LogP contribution is -2.15. The third-order valence-electron chi connectivity index (χ3n) is 2.89. The minimum absolute atomic E-state index is 0.351. The van der Waals surface area contributed by atoms with Crippen molar-refractivity contribution in [3.63, 3.8) is 0 Å². The van der Waals surface area contributed by atoms with Crippen LogP contribution in [0.2, 0.25) is 5.02 Å². The molecule has 0 aliphatic heterocycles. The van der Waals surface area contributed by atoms with E-state index in [0.717, 1.165) is 5.56 Å². The van der Waals surface area contributed by atoms with Crippen molar-refractivity contribution in [1.29, 1.82) is 0 Å². The van der Waals surface area contributed by atoms with Crippen LogP contribution < -0.4 is 10.5 Å². The van der Waals surface area contributed by atoms with Gasteiger partial charge in [-0.05, 0) is 30.2 Å². The largest absolute Gasteiger partial charge is 0.495 e.